The molecule has 29 heavy (non-hydrogen) atoms. The number of esters is 1. The van der Waals surface area contributed by atoms with E-state index in [0.29, 0.717) is 43.1 Å². The minimum absolute atomic E-state index is 0.00555. The van der Waals surface area contributed by atoms with E-state index in [-0.39, 0.29) is 30.8 Å². The van der Waals surface area contributed by atoms with Crippen LogP contribution in [0.2, 0.25) is 5.02 Å². The van der Waals surface area contributed by atoms with Crippen LogP contribution in [0.1, 0.15) is 43.0 Å². The third kappa shape index (κ3) is 7.73. The zero-order chi connectivity index (χ0) is 21.2. The normalized spacial score (nSPS) is 14.2. The predicted molar refractivity (Wildman–Crippen MR) is 106 cm³/mol. The predicted octanol–water partition coefficient (Wildman–Crippen LogP) is 2.58. The molecule has 1 aliphatic heterocycles. The van der Waals surface area contributed by atoms with Gasteiger partial charge in [0.1, 0.15) is 0 Å². The van der Waals surface area contributed by atoms with Crippen molar-refractivity contribution in [3.05, 3.63) is 34.9 Å². The highest BCUT2D eigenvalue weighted by Crippen LogP contribution is 2.13. The van der Waals surface area contributed by atoms with E-state index in [1.807, 2.05) is 0 Å². The summed E-state index contributed by atoms with van der Waals surface area (Å²) in [5.41, 5.74) is 0.467. The second-order valence-electron chi connectivity index (χ2n) is 6.62. The summed E-state index contributed by atoms with van der Waals surface area (Å²) in [6.45, 7) is 2.67. The van der Waals surface area contributed by atoms with Crippen molar-refractivity contribution in [2.75, 3.05) is 26.3 Å². The number of carbonyl (C=O) groups excluding carboxylic acids is 4. The molecule has 2 rings (SSSR count). The lowest BCUT2D eigenvalue weighted by atomic mass is 10.1. The fraction of sp³-hybridized carbons (Fsp3) is 0.500. The molecule has 8 nitrogen and oxygen atoms in total. The minimum Gasteiger partial charge on any atom is -0.456 e. The third-order valence-corrected chi connectivity index (χ3v) is 4.72. The highest BCUT2D eigenvalue weighted by atomic mass is 35.5. The number of likely N-dealkylation sites (tertiary alicyclic amines) is 1. The van der Waals surface area contributed by atoms with Gasteiger partial charge in [-0.05, 0) is 44.0 Å². The number of nitrogens with one attached hydrogen (secondary N) is 1. The largest absolute Gasteiger partial charge is 0.456 e. The average molecular weight is 425 g/mol. The molecule has 1 heterocycles. The van der Waals surface area contributed by atoms with Crippen LogP contribution in [0.4, 0.5) is 4.79 Å². The molecule has 0 aromatic heterocycles. The van der Waals surface area contributed by atoms with Crippen molar-refractivity contribution in [2.45, 2.75) is 38.6 Å². The molecule has 2 amide bonds. The van der Waals surface area contributed by atoms with Gasteiger partial charge < -0.3 is 19.7 Å². The van der Waals surface area contributed by atoms with Gasteiger partial charge in [-0.25, -0.2) is 4.79 Å². The molecular formula is C20H25ClN2O6. The Morgan fingerprint density at radius 1 is 1.07 bits per heavy atom. The summed E-state index contributed by atoms with van der Waals surface area (Å²) in [4.78, 5) is 49.0. The monoisotopic (exact) mass is 424 g/mol. The number of rotatable bonds is 8. The number of hydrogen-bond acceptors (Lipinski definition) is 6. The molecule has 0 spiro atoms. The van der Waals surface area contributed by atoms with Gasteiger partial charge in [-0.15, -0.1) is 0 Å². The van der Waals surface area contributed by atoms with Crippen molar-refractivity contribution < 1.29 is 28.7 Å². The Hall–Kier alpha value is -2.61. The number of piperidine rings is 1. The fourth-order valence-electron chi connectivity index (χ4n) is 2.90. The molecule has 1 aliphatic rings. The van der Waals surface area contributed by atoms with Gasteiger partial charge in [0.05, 0.1) is 13.0 Å². The molecule has 0 aliphatic carbocycles. The maximum Gasteiger partial charge on any atom is 0.409 e. The third-order valence-electron chi connectivity index (χ3n) is 4.47. The van der Waals surface area contributed by atoms with Crippen LogP contribution in [-0.2, 0) is 19.1 Å². The smallest absolute Gasteiger partial charge is 0.409 e. The number of benzene rings is 1. The molecule has 1 fully saturated rings. The number of hydrogen-bond donors (Lipinski definition) is 1. The minimum atomic E-state index is -0.611. The van der Waals surface area contributed by atoms with Gasteiger partial charge >= 0.3 is 12.1 Å². The van der Waals surface area contributed by atoms with E-state index in [9.17, 15) is 19.2 Å². The summed E-state index contributed by atoms with van der Waals surface area (Å²) in [5, 5.41) is 3.31. The van der Waals surface area contributed by atoms with Gasteiger partial charge in [0.15, 0.2) is 12.4 Å². The lowest BCUT2D eigenvalue weighted by molar-refractivity contribution is -0.148. The number of amides is 2. The molecule has 158 valence electrons. The first-order valence-electron chi connectivity index (χ1n) is 9.54. The van der Waals surface area contributed by atoms with Gasteiger partial charge in [-0.1, -0.05) is 11.6 Å². The number of ketones is 1. The quantitative estimate of drug-likeness (QED) is 0.508. The number of nitrogens with zero attached hydrogens (tertiary/aromatic N) is 1. The molecule has 1 N–H and O–H groups in total. The highest BCUT2D eigenvalue weighted by molar-refractivity contribution is 6.30. The lowest BCUT2D eigenvalue weighted by Gasteiger charge is -2.31. The molecule has 9 heteroatoms. The first kappa shape index (κ1) is 22.7. The summed E-state index contributed by atoms with van der Waals surface area (Å²) < 4.78 is 9.88. The molecular weight excluding hydrogens is 400 g/mol. The van der Waals surface area contributed by atoms with E-state index >= 15 is 0 Å². The van der Waals surface area contributed by atoms with Gasteiger partial charge in [0, 0.05) is 36.1 Å². The van der Waals surface area contributed by atoms with Crippen molar-refractivity contribution >= 4 is 35.4 Å². The Kier molecular flexibility index (Phi) is 8.92. The van der Waals surface area contributed by atoms with E-state index in [0.717, 1.165) is 0 Å². The zero-order valence-corrected chi connectivity index (χ0v) is 17.1. The number of carbonyl (C=O) groups is 4. The maximum atomic E-state index is 12.0. The molecule has 0 saturated carbocycles. The van der Waals surface area contributed by atoms with Crippen molar-refractivity contribution in [2.24, 2.45) is 0 Å². The molecule has 1 saturated heterocycles. The first-order chi connectivity index (χ1) is 13.9. The van der Waals surface area contributed by atoms with Crippen LogP contribution in [0.5, 0.6) is 0 Å². The molecule has 0 radical (unpaired) electrons. The highest BCUT2D eigenvalue weighted by Gasteiger charge is 2.24. The van der Waals surface area contributed by atoms with Crippen LogP contribution in [0.25, 0.3) is 0 Å². The van der Waals surface area contributed by atoms with E-state index in [1.165, 1.54) is 0 Å². The summed E-state index contributed by atoms with van der Waals surface area (Å²) >= 11 is 5.77. The summed E-state index contributed by atoms with van der Waals surface area (Å²) in [6, 6.07) is 6.31. The second kappa shape index (κ2) is 11.4. The molecule has 0 unspecified atom stereocenters. The topological polar surface area (TPSA) is 102 Å². The fourth-order valence-corrected chi connectivity index (χ4v) is 3.03. The van der Waals surface area contributed by atoms with Crippen molar-refractivity contribution in [3.8, 4) is 0 Å². The van der Waals surface area contributed by atoms with Crippen LogP contribution in [0.15, 0.2) is 24.3 Å². The SMILES string of the molecule is CCOC(=O)N1CCC(NC(=O)COC(=O)CCC(=O)c2ccc(Cl)cc2)CC1. The number of halogens is 1. The summed E-state index contributed by atoms with van der Waals surface area (Å²) in [5.74, 6) is -1.21. The molecule has 0 bridgehead atoms. The number of Topliss-reactive ketones (excluding diaryl/α,β-unsaturated/α-hetero) is 1. The van der Waals surface area contributed by atoms with Crippen LogP contribution >= 0.6 is 11.6 Å². The Morgan fingerprint density at radius 3 is 2.34 bits per heavy atom. The van der Waals surface area contributed by atoms with Crippen LogP contribution in [-0.4, -0.2) is 61.0 Å². The number of ether oxygens (including phenoxy) is 2. The van der Waals surface area contributed by atoms with E-state index in [1.54, 1.807) is 36.1 Å². The second-order valence-corrected chi connectivity index (χ2v) is 7.05. The first-order valence-corrected chi connectivity index (χ1v) is 9.92. The van der Waals surface area contributed by atoms with Gasteiger partial charge in [0.2, 0.25) is 0 Å². The van der Waals surface area contributed by atoms with Crippen LogP contribution in [0, 0.1) is 0 Å². The standard InChI is InChI=1S/C20H25ClN2O6/c1-2-28-20(27)23-11-9-16(10-12-23)22-18(25)13-29-19(26)8-7-17(24)14-3-5-15(21)6-4-14/h3-6,16H,2,7-13H2,1H3,(H,22,25). The van der Waals surface area contributed by atoms with Gasteiger partial charge in [-0.2, -0.15) is 0 Å². The Balaban J connectivity index is 1.62. The Bertz CT molecular complexity index is 729. The summed E-state index contributed by atoms with van der Waals surface area (Å²) in [6.07, 6.45) is 0.753. The van der Waals surface area contributed by atoms with Crippen LogP contribution < -0.4 is 5.32 Å². The van der Waals surface area contributed by atoms with Crippen LogP contribution in [0.3, 0.4) is 0 Å². The Labute approximate surface area is 174 Å². The van der Waals surface area contributed by atoms with E-state index in [4.69, 9.17) is 21.1 Å². The lowest BCUT2D eigenvalue weighted by Crippen LogP contribution is -2.47. The maximum absolute atomic E-state index is 12.0. The van der Waals surface area contributed by atoms with Crippen molar-refractivity contribution in [1.82, 2.24) is 10.2 Å². The molecule has 0 atom stereocenters. The van der Waals surface area contributed by atoms with Crippen molar-refractivity contribution in [1.29, 1.82) is 0 Å². The van der Waals surface area contributed by atoms with Crippen molar-refractivity contribution in [3.63, 3.8) is 0 Å². The van der Waals surface area contributed by atoms with E-state index < -0.39 is 18.5 Å². The molecule has 1 aromatic carbocycles. The average Bonchev–Trinajstić information content (AvgIpc) is 2.71. The van der Waals surface area contributed by atoms with Gasteiger partial charge in [-0.3, -0.25) is 14.4 Å². The van der Waals surface area contributed by atoms with E-state index in [2.05, 4.69) is 5.32 Å². The summed E-state index contributed by atoms with van der Waals surface area (Å²) in [7, 11) is 0. The van der Waals surface area contributed by atoms with Gasteiger partial charge in [0.25, 0.3) is 5.91 Å². The Morgan fingerprint density at radius 2 is 1.72 bits per heavy atom. The molecule has 1 aromatic rings. The zero-order valence-electron chi connectivity index (χ0n) is 16.3.